The molecule has 1 unspecified atom stereocenters. The predicted molar refractivity (Wildman–Crippen MR) is 96.4 cm³/mol. The van der Waals surface area contributed by atoms with E-state index in [-0.39, 0.29) is 6.04 Å². The van der Waals surface area contributed by atoms with Crippen LogP contribution in [0.4, 0.5) is 0 Å². The summed E-state index contributed by atoms with van der Waals surface area (Å²) in [6, 6.07) is 18.2. The lowest BCUT2D eigenvalue weighted by Crippen LogP contribution is -2.18. The Morgan fingerprint density at radius 1 is 1.08 bits per heavy atom. The minimum Gasteiger partial charge on any atom is -0.494 e. The molecule has 2 aromatic carbocycles. The van der Waals surface area contributed by atoms with Gasteiger partial charge in [0.25, 0.3) is 0 Å². The number of nitrogens with zero attached hydrogens (tertiary/aromatic N) is 2. The van der Waals surface area contributed by atoms with Crippen molar-refractivity contribution in [1.82, 2.24) is 15.5 Å². The lowest BCUT2D eigenvalue weighted by atomic mass is 10.1. The average molecular weight is 337 g/mol. The van der Waals surface area contributed by atoms with E-state index in [1.54, 1.807) is 0 Å². The van der Waals surface area contributed by atoms with Gasteiger partial charge in [-0.25, -0.2) is 0 Å². The van der Waals surface area contributed by atoms with Gasteiger partial charge in [-0.3, -0.25) is 0 Å². The van der Waals surface area contributed by atoms with Crippen molar-refractivity contribution in [3.05, 3.63) is 77.4 Å². The molecule has 1 heterocycles. The van der Waals surface area contributed by atoms with Gasteiger partial charge >= 0.3 is 0 Å². The topological polar surface area (TPSA) is 60.2 Å². The van der Waals surface area contributed by atoms with E-state index < -0.39 is 0 Å². The summed E-state index contributed by atoms with van der Waals surface area (Å²) in [5.41, 5.74) is 2.32. The Balaban J connectivity index is 1.56. The van der Waals surface area contributed by atoms with Gasteiger partial charge in [-0.2, -0.15) is 4.98 Å². The molecule has 3 aromatic rings. The van der Waals surface area contributed by atoms with Crippen LogP contribution in [-0.4, -0.2) is 16.7 Å². The molecular formula is C20H23N3O2. The Bertz CT molecular complexity index is 786. The van der Waals surface area contributed by atoms with Gasteiger partial charge in [0, 0.05) is 13.0 Å². The second kappa shape index (κ2) is 8.44. The SMILES string of the molecule is CCOc1cccc(CNC(C)c2nc(Cc3ccccc3)no2)c1. The van der Waals surface area contributed by atoms with Crippen molar-refractivity contribution in [2.75, 3.05) is 6.61 Å². The molecule has 1 N–H and O–H groups in total. The summed E-state index contributed by atoms with van der Waals surface area (Å²) in [7, 11) is 0. The summed E-state index contributed by atoms with van der Waals surface area (Å²) in [5, 5.41) is 7.49. The fourth-order valence-corrected chi connectivity index (χ4v) is 2.56. The van der Waals surface area contributed by atoms with Gasteiger partial charge in [0.15, 0.2) is 5.82 Å². The zero-order chi connectivity index (χ0) is 17.5. The predicted octanol–water partition coefficient (Wildman–Crippen LogP) is 3.91. The summed E-state index contributed by atoms with van der Waals surface area (Å²) < 4.78 is 10.9. The van der Waals surface area contributed by atoms with E-state index in [0.717, 1.165) is 11.3 Å². The molecule has 130 valence electrons. The maximum absolute atomic E-state index is 5.53. The number of aromatic nitrogens is 2. The average Bonchev–Trinajstić information content (AvgIpc) is 3.10. The Morgan fingerprint density at radius 3 is 2.68 bits per heavy atom. The van der Waals surface area contributed by atoms with Gasteiger partial charge in [-0.15, -0.1) is 0 Å². The highest BCUT2D eigenvalue weighted by Crippen LogP contribution is 2.16. The van der Waals surface area contributed by atoms with Gasteiger partial charge in [-0.05, 0) is 37.1 Å². The van der Waals surface area contributed by atoms with E-state index in [1.165, 1.54) is 5.56 Å². The molecule has 0 spiro atoms. The first-order chi connectivity index (χ1) is 12.2. The molecule has 0 bridgehead atoms. The van der Waals surface area contributed by atoms with Crippen molar-refractivity contribution in [1.29, 1.82) is 0 Å². The Morgan fingerprint density at radius 2 is 1.88 bits per heavy atom. The Hall–Kier alpha value is -2.66. The maximum atomic E-state index is 5.53. The molecule has 25 heavy (non-hydrogen) atoms. The summed E-state index contributed by atoms with van der Waals surface area (Å²) in [5.74, 6) is 2.19. The van der Waals surface area contributed by atoms with Crippen molar-refractivity contribution in [2.45, 2.75) is 32.9 Å². The first-order valence-corrected chi connectivity index (χ1v) is 8.56. The van der Waals surface area contributed by atoms with Crippen molar-refractivity contribution in [3.8, 4) is 5.75 Å². The molecule has 0 saturated carbocycles. The van der Waals surface area contributed by atoms with Crippen LogP contribution in [0.1, 0.15) is 42.7 Å². The molecule has 1 aromatic heterocycles. The molecular weight excluding hydrogens is 314 g/mol. The number of nitrogens with one attached hydrogen (secondary N) is 1. The van der Waals surface area contributed by atoms with E-state index in [0.29, 0.717) is 31.3 Å². The standard InChI is InChI=1S/C20H23N3O2/c1-3-24-18-11-7-10-17(12-18)14-21-15(2)20-22-19(23-25-20)13-16-8-5-4-6-9-16/h4-12,15,21H,3,13-14H2,1-2H3. The Kier molecular flexibility index (Phi) is 5.80. The zero-order valence-corrected chi connectivity index (χ0v) is 14.6. The molecule has 0 aliphatic rings. The first-order valence-electron chi connectivity index (χ1n) is 8.56. The third-order valence-corrected chi connectivity index (χ3v) is 3.88. The van der Waals surface area contributed by atoms with Crippen LogP contribution in [0.5, 0.6) is 5.75 Å². The second-order valence-electron chi connectivity index (χ2n) is 5.89. The number of rotatable bonds is 8. The van der Waals surface area contributed by atoms with Gasteiger partial charge < -0.3 is 14.6 Å². The van der Waals surface area contributed by atoms with Crippen LogP contribution < -0.4 is 10.1 Å². The molecule has 0 saturated heterocycles. The highest BCUT2D eigenvalue weighted by Gasteiger charge is 2.14. The number of hydrogen-bond acceptors (Lipinski definition) is 5. The quantitative estimate of drug-likeness (QED) is 0.675. The van der Waals surface area contributed by atoms with Crippen LogP contribution in [0.3, 0.4) is 0 Å². The number of hydrogen-bond donors (Lipinski definition) is 1. The number of ether oxygens (including phenoxy) is 1. The fourth-order valence-electron chi connectivity index (χ4n) is 2.56. The van der Waals surface area contributed by atoms with Crippen LogP contribution in [0.2, 0.25) is 0 Å². The van der Waals surface area contributed by atoms with Crippen LogP contribution in [-0.2, 0) is 13.0 Å². The smallest absolute Gasteiger partial charge is 0.243 e. The van der Waals surface area contributed by atoms with E-state index in [4.69, 9.17) is 9.26 Å². The highest BCUT2D eigenvalue weighted by atomic mass is 16.5. The van der Waals surface area contributed by atoms with Gasteiger partial charge in [0.05, 0.1) is 12.6 Å². The summed E-state index contributed by atoms with van der Waals surface area (Å²) in [6.45, 7) is 5.37. The molecule has 0 aliphatic carbocycles. The molecule has 0 amide bonds. The molecule has 0 fully saturated rings. The summed E-state index contributed by atoms with van der Waals surface area (Å²) >= 11 is 0. The minimum absolute atomic E-state index is 0.0206. The van der Waals surface area contributed by atoms with Crippen LogP contribution in [0.25, 0.3) is 0 Å². The number of benzene rings is 2. The maximum Gasteiger partial charge on any atom is 0.243 e. The third-order valence-electron chi connectivity index (χ3n) is 3.88. The molecule has 5 nitrogen and oxygen atoms in total. The van der Waals surface area contributed by atoms with Crippen molar-refractivity contribution < 1.29 is 9.26 Å². The fraction of sp³-hybridized carbons (Fsp3) is 0.300. The minimum atomic E-state index is -0.0206. The van der Waals surface area contributed by atoms with Gasteiger partial charge in [0.2, 0.25) is 5.89 Å². The lowest BCUT2D eigenvalue weighted by Gasteiger charge is -2.10. The monoisotopic (exact) mass is 337 g/mol. The molecule has 0 radical (unpaired) electrons. The Labute approximate surface area is 148 Å². The molecule has 3 rings (SSSR count). The molecule has 1 atom stereocenters. The van der Waals surface area contributed by atoms with Crippen molar-refractivity contribution in [3.63, 3.8) is 0 Å². The van der Waals surface area contributed by atoms with Crippen LogP contribution in [0.15, 0.2) is 59.1 Å². The van der Waals surface area contributed by atoms with Crippen molar-refractivity contribution >= 4 is 0 Å². The summed E-state index contributed by atoms with van der Waals surface area (Å²) in [4.78, 5) is 4.50. The first kappa shape index (κ1) is 17.2. The zero-order valence-electron chi connectivity index (χ0n) is 14.6. The molecule has 0 aliphatic heterocycles. The third kappa shape index (κ3) is 4.90. The van der Waals surface area contributed by atoms with E-state index >= 15 is 0 Å². The highest BCUT2D eigenvalue weighted by molar-refractivity contribution is 5.28. The lowest BCUT2D eigenvalue weighted by molar-refractivity contribution is 0.334. The van der Waals surface area contributed by atoms with Crippen molar-refractivity contribution in [2.24, 2.45) is 0 Å². The van der Waals surface area contributed by atoms with E-state index in [1.807, 2.05) is 50.2 Å². The van der Waals surface area contributed by atoms with E-state index in [9.17, 15) is 0 Å². The second-order valence-corrected chi connectivity index (χ2v) is 5.89. The van der Waals surface area contributed by atoms with Crippen LogP contribution >= 0.6 is 0 Å². The summed E-state index contributed by atoms with van der Waals surface area (Å²) in [6.07, 6.45) is 0.674. The van der Waals surface area contributed by atoms with Crippen LogP contribution in [0, 0.1) is 0 Å². The largest absolute Gasteiger partial charge is 0.494 e. The normalized spacial score (nSPS) is 12.1. The molecule has 5 heteroatoms. The van der Waals surface area contributed by atoms with Gasteiger partial charge in [-0.1, -0.05) is 47.6 Å². The van der Waals surface area contributed by atoms with E-state index in [2.05, 4.69) is 33.7 Å². The van der Waals surface area contributed by atoms with Gasteiger partial charge in [0.1, 0.15) is 5.75 Å².